The van der Waals surface area contributed by atoms with E-state index < -0.39 is 29.2 Å². The second kappa shape index (κ2) is 7.41. The molecule has 0 aromatic carbocycles. The molecule has 21 heavy (non-hydrogen) atoms. The number of carbonyl (C=O) groups excluding carboxylic acids is 1. The van der Waals surface area contributed by atoms with E-state index in [0.717, 1.165) is 0 Å². The molecule has 1 atom stereocenters. The first-order valence-electron chi connectivity index (χ1n) is 6.69. The fourth-order valence-corrected chi connectivity index (χ4v) is 1.98. The molecule has 0 fully saturated rings. The van der Waals surface area contributed by atoms with Crippen LogP contribution in [0.5, 0.6) is 0 Å². The summed E-state index contributed by atoms with van der Waals surface area (Å²) in [5, 5.41) is 11.4. The van der Waals surface area contributed by atoms with E-state index in [9.17, 15) is 19.2 Å². The molecule has 0 aliphatic heterocycles. The molecule has 116 valence electrons. The Morgan fingerprint density at radius 3 is 2.48 bits per heavy atom. The lowest BCUT2D eigenvalue weighted by molar-refractivity contribution is -0.142. The largest absolute Gasteiger partial charge is 0.480 e. The lowest BCUT2D eigenvalue weighted by atomic mass is 10.1. The number of hydrogen-bond acceptors (Lipinski definition) is 4. The number of aromatic nitrogens is 2. The lowest BCUT2D eigenvalue weighted by Gasteiger charge is -2.13. The van der Waals surface area contributed by atoms with Crippen molar-refractivity contribution in [3.05, 3.63) is 32.1 Å². The third kappa shape index (κ3) is 4.90. The van der Waals surface area contributed by atoms with Crippen molar-refractivity contribution >= 4 is 11.9 Å². The van der Waals surface area contributed by atoms with E-state index in [4.69, 9.17) is 5.11 Å². The predicted octanol–water partition coefficient (Wildman–Crippen LogP) is -0.326. The molecule has 0 unspecified atom stereocenters. The molecule has 1 amide bonds. The number of carboxylic acids is 1. The maximum Gasteiger partial charge on any atom is 0.326 e. The van der Waals surface area contributed by atoms with Crippen LogP contribution >= 0.6 is 0 Å². The first-order valence-corrected chi connectivity index (χ1v) is 6.69. The van der Waals surface area contributed by atoms with Gasteiger partial charge in [-0.3, -0.25) is 14.6 Å². The molecule has 0 bridgehead atoms. The van der Waals surface area contributed by atoms with Crippen molar-refractivity contribution in [1.82, 2.24) is 15.3 Å². The minimum absolute atomic E-state index is 0.0243. The standard InChI is InChI=1S/C13H19N3O5/c1-3-4-9(12(19)20)15-10(17)6-5-8-7(2)14-13(21)16-11(8)18/h9H,3-6H2,1-2H3,(H,15,17)(H,19,20)(H2,14,16,18,21)/t9-/m1/s1. The summed E-state index contributed by atoms with van der Waals surface area (Å²) in [5.41, 5.74) is -0.418. The van der Waals surface area contributed by atoms with Gasteiger partial charge < -0.3 is 15.4 Å². The van der Waals surface area contributed by atoms with Crippen LogP contribution in [0.25, 0.3) is 0 Å². The van der Waals surface area contributed by atoms with Crippen molar-refractivity contribution < 1.29 is 14.7 Å². The Balaban J connectivity index is 2.67. The molecule has 0 aliphatic rings. The zero-order valence-corrected chi connectivity index (χ0v) is 12.0. The third-order valence-corrected chi connectivity index (χ3v) is 3.07. The Bertz CT molecular complexity index is 631. The van der Waals surface area contributed by atoms with E-state index in [-0.39, 0.29) is 12.8 Å². The summed E-state index contributed by atoms with van der Waals surface area (Å²) in [5.74, 6) is -1.52. The van der Waals surface area contributed by atoms with E-state index in [0.29, 0.717) is 24.1 Å². The predicted molar refractivity (Wildman–Crippen MR) is 75.2 cm³/mol. The number of aliphatic carboxylic acids is 1. The minimum atomic E-state index is -1.08. The third-order valence-electron chi connectivity index (χ3n) is 3.07. The number of aromatic amines is 2. The van der Waals surface area contributed by atoms with Crippen molar-refractivity contribution in [3.63, 3.8) is 0 Å². The van der Waals surface area contributed by atoms with Gasteiger partial charge in [0.05, 0.1) is 0 Å². The molecule has 0 saturated heterocycles. The number of carboxylic acid groups (broad SMARTS) is 1. The Labute approximate surface area is 120 Å². The maximum absolute atomic E-state index is 11.7. The van der Waals surface area contributed by atoms with Crippen LogP contribution < -0.4 is 16.6 Å². The average molecular weight is 297 g/mol. The van der Waals surface area contributed by atoms with Gasteiger partial charge in [0, 0.05) is 17.7 Å². The van der Waals surface area contributed by atoms with Gasteiger partial charge in [-0.1, -0.05) is 13.3 Å². The number of nitrogens with one attached hydrogen (secondary N) is 3. The zero-order valence-electron chi connectivity index (χ0n) is 12.0. The fraction of sp³-hybridized carbons (Fsp3) is 0.538. The van der Waals surface area contributed by atoms with Crippen LogP contribution in [0.4, 0.5) is 0 Å². The van der Waals surface area contributed by atoms with Crippen LogP contribution in [0, 0.1) is 6.92 Å². The van der Waals surface area contributed by atoms with Gasteiger partial charge in [0.1, 0.15) is 6.04 Å². The van der Waals surface area contributed by atoms with Crippen molar-refractivity contribution in [2.24, 2.45) is 0 Å². The molecule has 1 aromatic rings. The molecule has 0 radical (unpaired) electrons. The highest BCUT2D eigenvalue weighted by molar-refractivity contribution is 5.83. The Hall–Kier alpha value is -2.38. The van der Waals surface area contributed by atoms with E-state index >= 15 is 0 Å². The number of hydrogen-bond donors (Lipinski definition) is 4. The van der Waals surface area contributed by atoms with Gasteiger partial charge in [0.15, 0.2) is 0 Å². The summed E-state index contributed by atoms with van der Waals surface area (Å²) in [4.78, 5) is 49.9. The first-order chi connectivity index (χ1) is 9.85. The van der Waals surface area contributed by atoms with Crippen LogP contribution in [-0.2, 0) is 16.0 Å². The van der Waals surface area contributed by atoms with E-state index in [1.807, 2.05) is 6.92 Å². The fourth-order valence-electron chi connectivity index (χ4n) is 1.98. The highest BCUT2D eigenvalue weighted by Crippen LogP contribution is 2.02. The average Bonchev–Trinajstić information content (AvgIpc) is 2.36. The van der Waals surface area contributed by atoms with Crippen LogP contribution in [0.1, 0.15) is 37.4 Å². The smallest absolute Gasteiger partial charge is 0.326 e. The summed E-state index contributed by atoms with van der Waals surface area (Å²) < 4.78 is 0. The summed E-state index contributed by atoms with van der Waals surface area (Å²) in [7, 11) is 0. The van der Waals surface area contributed by atoms with Crippen molar-refractivity contribution in [2.45, 2.75) is 45.6 Å². The molecule has 8 heteroatoms. The summed E-state index contributed by atoms with van der Waals surface area (Å²) in [6.45, 7) is 3.40. The quantitative estimate of drug-likeness (QED) is 0.547. The molecule has 1 aromatic heterocycles. The molecule has 0 spiro atoms. The van der Waals surface area contributed by atoms with E-state index in [1.54, 1.807) is 6.92 Å². The summed E-state index contributed by atoms with van der Waals surface area (Å²) >= 11 is 0. The van der Waals surface area contributed by atoms with Crippen molar-refractivity contribution in [1.29, 1.82) is 0 Å². The Kier molecular flexibility index (Phi) is 5.89. The van der Waals surface area contributed by atoms with Gasteiger partial charge in [-0.25, -0.2) is 9.59 Å². The van der Waals surface area contributed by atoms with Crippen LogP contribution in [0.2, 0.25) is 0 Å². The summed E-state index contributed by atoms with van der Waals surface area (Å²) in [6, 6.07) is -0.919. The highest BCUT2D eigenvalue weighted by atomic mass is 16.4. The molecule has 4 N–H and O–H groups in total. The first kappa shape index (κ1) is 16.7. The zero-order chi connectivity index (χ0) is 16.0. The molecule has 0 saturated carbocycles. The van der Waals surface area contributed by atoms with Gasteiger partial charge in [-0.2, -0.15) is 0 Å². The van der Waals surface area contributed by atoms with Crippen LogP contribution in [0.3, 0.4) is 0 Å². The Morgan fingerprint density at radius 1 is 1.29 bits per heavy atom. The minimum Gasteiger partial charge on any atom is -0.480 e. The van der Waals surface area contributed by atoms with E-state index in [2.05, 4.69) is 15.3 Å². The van der Waals surface area contributed by atoms with Crippen molar-refractivity contribution in [3.8, 4) is 0 Å². The SMILES string of the molecule is CCC[C@@H](NC(=O)CCc1c(C)[nH]c(=O)[nH]c1=O)C(=O)O. The number of H-pyrrole nitrogens is 2. The Morgan fingerprint density at radius 2 is 1.95 bits per heavy atom. The second-order valence-corrected chi connectivity index (χ2v) is 4.76. The maximum atomic E-state index is 11.7. The second-order valence-electron chi connectivity index (χ2n) is 4.76. The molecule has 8 nitrogen and oxygen atoms in total. The molecular formula is C13H19N3O5. The topological polar surface area (TPSA) is 132 Å². The number of aryl methyl sites for hydroxylation is 1. The monoisotopic (exact) mass is 297 g/mol. The number of rotatable bonds is 7. The molecule has 1 rings (SSSR count). The van der Waals surface area contributed by atoms with Crippen LogP contribution in [0.15, 0.2) is 9.59 Å². The molecule has 1 heterocycles. The number of carbonyl (C=O) groups is 2. The highest BCUT2D eigenvalue weighted by Gasteiger charge is 2.19. The van der Waals surface area contributed by atoms with Gasteiger partial charge in [0.2, 0.25) is 5.91 Å². The van der Waals surface area contributed by atoms with Crippen LogP contribution in [-0.4, -0.2) is 33.0 Å². The van der Waals surface area contributed by atoms with Crippen molar-refractivity contribution in [2.75, 3.05) is 0 Å². The lowest BCUT2D eigenvalue weighted by Crippen LogP contribution is -2.41. The normalized spacial score (nSPS) is 11.9. The number of amides is 1. The van der Waals surface area contributed by atoms with E-state index in [1.165, 1.54) is 0 Å². The van der Waals surface area contributed by atoms with Gasteiger partial charge in [-0.15, -0.1) is 0 Å². The van der Waals surface area contributed by atoms with Gasteiger partial charge in [-0.05, 0) is 19.8 Å². The summed E-state index contributed by atoms with van der Waals surface area (Å²) in [6.07, 6.45) is 1.08. The molecular weight excluding hydrogens is 278 g/mol. The molecule has 0 aliphatic carbocycles. The van der Waals surface area contributed by atoms with Gasteiger partial charge >= 0.3 is 11.7 Å². The van der Waals surface area contributed by atoms with Gasteiger partial charge in [0.25, 0.3) is 5.56 Å².